The number of nitrogens with one attached hydrogen (secondary N) is 1. The van der Waals surface area contributed by atoms with E-state index in [9.17, 15) is 13.2 Å². The van der Waals surface area contributed by atoms with Crippen LogP contribution in [0.3, 0.4) is 0 Å². The Hall–Kier alpha value is -2.15. The summed E-state index contributed by atoms with van der Waals surface area (Å²) in [5, 5.41) is 0. The SMILES string of the molecule is CSNc1ccc2c(c1)OC(C)(C)N=C2c1ccc(C(F)(F)F)cc1. The molecule has 0 fully saturated rings. The molecule has 3 nitrogen and oxygen atoms in total. The Morgan fingerprint density at radius 3 is 2.36 bits per heavy atom. The quantitative estimate of drug-likeness (QED) is 0.743. The van der Waals surface area contributed by atoms with Crippen molar-refractivity contribution in [1.29, 1.82) is 0 Å². The minimum Gasteiger partial charge on any atom is -0.466 e. The maximum Gasteiger partial charge on any atom is 0.416 e. The molecule has 1 N–H and O–H groups in total. The van der Waals surface area contributed by atoms with E-state index in [1.165, 1.54) is 24.1 Å². The normalized spacial score (nSPS) is 15.8. The molecule has 132 valence electrons. The zero-order valence-corrected chi connectivity index (χ0v) is 14.8. The second-order valence-electron chi connectivity index (χ2n) is 6.10. The van der Waals surface area contributed by atoms with E-state index in [0.717, 1.165) is 23.4 Å². The molecule has 2 aromatic carbocycles. The summed E-state index contributed by atoms with van der Waals surface area (Å²) < 4.78 is 47.4. The van der Waals surface area contributed by atoms with Gasteiger partial charge in [-0.3, -0.25) is 0 Å². The van der Waals surface area contributed by atoms with Crippen LogP contribution in [0.25, 0.3) is 0 Å². The molecule has 0 aromatic heterocycles. The lowest BCUT2D eigenvalue weighted by atomic mass is 9.97. The smallest absolute Gasteiger partial charge is 0.416 e. The molecular formula is C18H17F3N2OS. The van der Waals surface area contributed by atoms with Crippen molar-refractivity contribution in [2.24, 2.45) is 4.99 Å². The van der Waals surface area contributed by atoms with Crippen LogP contribution in [0, 0.1) is 0 Å². The van der Waals surface area contributed by atoms with Crippen molar-refractivity contribution in [3.05, 3.63) is 59.2 Å². The number of nitrogens with zero attached hydrogens (tertiary/aromatic N) is 1. The van der Waals surface area contributed by atoms with Crippen LogP contribution in [0.2, 0.25) is 0 Å². The Kier molecular flexibility index (Phi) is 4.45. The third-order valence-corrected chi connectivity index (χ3v) is 4.12. The van der Waals surface area contributed by atoms with E-state index < -0.39 is 17.5 Å². The van der Waals surface area contributed by atoms with Gasteiger partial charge >= 0.3 is 6.18 Å². The van der Waals surface area contributed by atoms with Gasteiger partial charge in [0, 0.05) is 29.1 Å². The fraction of sp³-hybridized carbons (Fsp3) is 0.278. The fourth-order valence-corrected chi connectivity index (χ4v) is 3.00. The number of aliphatic imine (C=N–C) groups is 1. The summed E-state index contributed by atoms with van der Waals surface area (Å²) in [5.41, 5.74) is 1.40. The summed E-state index contributed by atoms with van der Waals surface area (Å²) in [5.74, 6) is 0.647. The lowest BCUT2D eigenvalue weighted by molar-refractivity contribution is -0.137. The van der Waals surface area contributed by atoms with Gasteiger partial charge in [0.2, 0.25) is 0 Å². The Labute approximate surface area is 148 Å². The van der Waals surface area contributed by atoms with Gasteiger partial charge in [0.15, 0.2) is 5.72 Å². The van der Waals surface area contributed by atoms with Crippen molar-refractivity contribution < 1.29 is 17.9 Å². The molecule has 3 rings (SSSR count). The molecule has 1 aliphatic heterocycles. The van der Waals surface area contributed by atoms with Crippen molar-refractivity contribution in [3.63, 3.8) is 0 Å². The molecule has 0 unspecified atom stereocenters. The molecule has 0 aliphatic carbocycles. The molecule has 0 atom stereocenters. The van der Waals surface area contributed by atoms with Crippen LogP contribution >= 0.6 is 11.9 Å². The third-order valence-electron chi connectivity index (χ3n) is 3.68. The Morgan fingerprint density at radius 2 is 1.76 bits per heavy atom. The molecule has 0 bridgehead atoms. The van der Waals surface area contributed by atoms with Crippen LogP contribution in [0.1, 0.15) is 30.5 Å². The van der Waals surface area contributed by atoms with Gasteiger partial charge in [-0.05, 0) is 38.1 Å². The summed E-state index contributed by atoms with van der Waals surface area (Å²) in [4.78, 5) is 4.58. The number of benzene rings is 2. The molecule has 7 heteroatoms. The van der Waals surface area contributed by atoms with E-state index in [1.54, 1.807) is 0 Å². The maximum atomic E-state index is 12.8. The topological polar surface area (TPSA) is 33.6 Å². The lowest BCUT2D eigenvalue weighted by Crippen LogP contribution is -2.32. The van der Waals surface area contributed by atoms with Crippen LogP contribution in [0.4, 0.5) is 18.9 Å². The number of hydrogen-bond acceptors (Lipinski definition) is 4. The Bertz CT molecular complexity index is 814. The molecular weight excluding hydrogens is 349 g/mol. The molecule has 0 radical (unpaired) electrons. The highest BCUT2D eigenvalue weighted by molar-refractivity contribution is 7.99. The molecule has 1 heterocycles. The molecule has 0 spiro atoms. The average Bonchev–Trinajstić information content (AvgIpc) is 2.52. The van der Waals surface area contributed by atoms with Crippen molar-refractivity contribution in [2.75, 3.05) is 11.0 Å². The van der Waals surface area contributed by atoms with Gasteiger partial charge in [-0.25, -0.2) is 4.99 Å². The van der Waals surface area contributed by atoms with Crippen molar-refractivity contribution in [1.82, 2.24) is 0 Å². The number of anilines is 1. The Balaban J connectivity index is 2.05. The predicted octanol–water partition coefficient (Wildman–Crippen LogP) is 5.36. The van der Waals surface area contributed by atoms with E-state index >= 15 is 0 Å². The number of ether oxygens (including phenoxy) is 1. The summed E-state index contributed by atoms with van der Waals surface area (Å²) in [7, 11) is 0. The first-order chi connectivity index (χ1) is 11.7. The molecule has 1 aliphatic rings. The molecule has 0 amide bonds. The van der Waals surface area contributed by atoms with Gasteiger partial charge in [-0.2, -0.15) is 13.2 Å². The van der Waals surface area contributed by atoms with Gasteiger partial charge in [0.05, 0.1) is 11.3 Å². The first-order valence-electron chi connectivity index (χ1n) is 7.59. The average molecular weight is 366 g/mol. The minimum atomic E-state index is -4.36. The van der Waals surface area contributed by atoms with Crippen LogP contribution in [0.15, 0.2) is 47.5 Å². The highest BCUT2D eigenvalue weighted by Gasteiger charge is 2.32. The van der Waals surface area contributed by atoms with Crippen molar-refractivity contribution in [2.45, 2.75) is 25.7 Å². The van der Waals surface area contributed by atoms with Crippen LogP contribution in [0.5, 0.6) is 5.75 Å². The van der Waals surface area contributed by atoms with Gasteiger partial charge in [-0.1, -0.05) is 24.1 Å². The second-order valence-corrected chi connectivity index (χ2v) is 6.71. The van der Waals surface area contributed by atoms with E-state index in [1.807, 2.05) is 38.3 Å². The van der Waals surface area contributed by atoms with Crippen LogP contribution < -0.4 is 9.46 Å². The lowest BCUT2D eigenvalue weighted by Gasteiger charge is -2.30. The third kappa shape index (κ3) is 3.76. The van der Waals surface area contributed by atoms with Crippen molar-refractivity contribution >= 4 is 23.3 Å². The zero-order chi connectivity index (χ0) is 18.2. The standard InChI is InChI=1S/C18H17F3N2OS/c1-17(2)22-16(11-4-6-12(7-5-11)18(19,20)21)14-9-8-13(23-25-3)10-15(14)24-17/h4-10,23H,1-3H3. The molecule has 2 aromatic rings. The molecule has 0 saturated heterocycles. The maximum absolute atomic E-state index is 12.8. The monoisotopic (exact) mass is 366 g/mol. The summed E-state index contributed by atoms with van der Waals surface area (Å²) in [6.07, 6.45) is -2.44. The van der Waals surface area contributed by atoms with Crippen LogP contribution in [-0.2, 0) is 6.18 Å². The Morgan fingerprint density at radius 1 is 1.08 bits per heavy atom. The first-order valence-corrected chi connectivity index (χ1v) is 8.82. The first kappa shape index (κ1) is 17.7. The van der Waals surface area contributed by atoms with E-state index in [4.69, 9.17) is 4.74 Å². The number of halogens is 3. The second kappa shape index (κ2) is 6.29. The van der Waals surface area contributed by atoms with Crippen LogP contribution in [-0.4, -0.2) is 17.7 Å². The van der Waals surface area contributed by atoms with Gasteiger partial charge < -0.3 is 9.46 Å². The highest BCUT2D eigenvalue weighted by Crippen LogP contribution is 2.36. The van der Waals surface area contributed by atoms with E-state index in [-0.39, 0.29) is 0 Å². The highest BCUT2D eigenvalue weighted by atomic mass is 32.2. The summed E-state index contributed by atoms with van der Waals surface area (Å²) >= 11 is 1.46. The van der Waals surface area contributed by atoms with E-state index in [2.05, 4.69) is 9.71 Å². The van der Waals surface area contributed by atoms with Gasteiger partial charge in [0.25, 0.3) is 0 Å². The largest absolute Gasteiger partial charge is 0.466 e. The van der Waals surface area contributed by atoms with Gasteiger partial charge in [-0.15, -0.1) is 0 Å². The minimum absolute atomic E-state index is 0.621. The predicted molar refractivity (Wildman–Crippen MR) is 95.4 cm³/mol. The zero-order valence-electron chi connectivity index (χ0n) is 13.9. The number of rotatable bonds is 3. The van der Waals surface area contributed by atoms with Crippen molar-refractivity contribution in [3.8, 4) is 5.75 Å². The number of hydrogen-bond donors (Lipinski definition) is 1. The molecule has 0 saturated carbocycles. The van der Waals surface area contributed by atoms with Gasteiger partial charge in [0.1, 0.15) is 5.75 Å². The fourth-order valence-electron chi connectivity index (χ4n) is 2.64. The molecule has 25 heavy (non-hydrogen) atoms. The summed E-state index contributed by atoms with van der Waals surface area (Å²) in [6.45, 7) is 3.63. The number of alkyl halides is 3. The summed E-state index contributed by atoms with van der Waals surface area (Å²) in [6, 6.07) is 10.7. The van der Waals surface area contributed by atoms with E-state index in [0.29, 0.717) is 17.0 Å². The number of fused-ring (bicyclic) bond motifs is 1.